The Morgan fingerprint density at radius 2 is 1.61 bits per heavy atom. The number of rotatable bonds is 8. The lowest BCUT2D eigenvalue weighted by Gasteiger charge is -2.15. The lowest BCUT2D eigenvalue weighted by atomic mass is 10.1. The molecule has 0 heterocycles. The minimum absolute atomic E-state index is 0.482. The zero-order chi connectivity index (χ0) is 13.4. The molecule has 3 nitrogen and oxygen atoms in total. The van der Waals surface area contributed by atoms with Crippen molar-refractivity contribution in [3.8, 4) is 17.2 Å². The van der Waals surface area contributed by atoms with Crippen molar-refractivity contribution in [1.29, 1.82) is 0 Å². The Hall–Kier alpha value is -1.03. The van der Waals surface area contributed by atoms with Crippen LogP contribution in [0.15, 0.2) is 18.2 Å². The van der Waals surface area contributed by atoms with Crippen molar-refractivity contribution in [3.05, 3.63) is 18.2 Å². The molecule has 1 aromatic carbocycles. The molecule has 0 aliphatic heterocycles. The number of hydrogen-bond donors (Lipinski definition) is 1. The Morgan fingerprint density at radius 1 is 1.06 bits per heavy atom. The van der Waals surface area contributed by atoms with Crippen LogP contribution < -0.4 is 14.2 Å². The molecule has 18 heavy (non-hydrogen) atoms. The first-order valence-electron chi connectivity index (χ1n) is 6.20. The van der Waals surface area contributed by atoms with Crippen LogP contribution in [0.1, 0.15) is 19.8 Å². The van der Waals surface area contributed by atoms with Crippen LogP contribution in [0.25, 0.3) is 0 Å². The standard InChI is InChI=1S/C14H22O3S/c1-4-5-11(10-18)9-17-14-7-12(15-2)6-13(8-14)16-3/h6-8,11,18H,4-5,9-10H2,1-3H3. The second-order valence-electron chi connectivity index (χ2n) is 4.20. The predicted octanol–water partition coefficient (Wildman–Crippen LogP) is 3.43. The van der Waals surface area contributed by atoms with Gasteiger partial charge in [-0.2, -0.15) is 12.6 Å². The summed E-state index contributed by atoms with van der Waals surface area (Å²) in [6, 6.07) is 5.56. The van der Waals surface area contributed by atoms with Gasteiger partial charge in [-0.1, -0.05) is 13.3 Å². The van der Waals surface area contributed by atoms with Crippen LogP contribution in [-0.4, -0.2) is 26.6 Å². The van der Waals surface area contributed by atoms with Crippen LogP contribution in [0.5, 0.6) is 17.2 Å². The summed E-state index contributed by atoms with van der Waals surface area (Å²) in [5.74, 6) is 3.57. The van der Waals surface area contributed by atoms with Gasteiger partial charge in [-0.3, -0.25) is 0 Å². The molecule has 0 aliphatic carbocycles. The number of benzene rings is 1. The van der Waals surface area contributed by atoms with Crippen molar-refractivity contribution in [2.24, 2.45) is 5.92 Å². The molecule has 0 N–H and O–H groups in total. The second-order valence-corrected chi connectivity index (χ2v) is 4.56. The van der Waals surface area contributed by atoms with Gasteiger partial charge < -0.3 is 14.2 Å². The van der Waals surface area contributed by atoms with Gasteiger partial charge in [-0.25, -0.2) is 0 Å². The first-order chi connectivity index (χ1) is 8.73. The van der Waals surface area contributed by atoms with Crippen molar-refractivity contribution >= 4 is 12.6 Å². The number of methoxy groups -OCH3 is 2. The third kappa shape index (κ3) is 4.69. The summed E-state index contributed by atoms with van der Waals surface area (Å²) in [6.45, 7) is 2.85. The van der Waals surface area contributed by atoms with Gasteiger partial charge in [0.15, 0.2) is 0 Å². The van der Waals surface area contributed by atoms with E-state index in [1.54, 1.807) is 14.2 Å². The first-order valence-corrected chi connectivity index (χ1v) is 6.83. The largest absolute Gasteiger partial charge is 0.496 e. The molecule has 1 atom stereocenters. The normalized spacial score (nSPS) is 12.0. The van der Waals surface area contributed by atoms with Crippen LogP contribution in [0, 0.1) is 5.92 Å². The average molecular weight is 270 g/mol. The molecule has 0 spiro atoms. The van der Waals surface area contributed by atoms with E-state index in [4.69, 9.17) is 14.2 Å². The first kappa shape index (κ1) is 15.0. The Morgan fingerprint density at radius 3 is 2.06 bits per heavy atom. The van der Waals surface area contributed by atoms with Gasteiger partial charge in [0.2, 0.25) is 0 Å². The minimum atomic E-state index is 0.482. The van der Waals surface area contributed by atoms with E-state index in [-0.39, 0.29) is 0 Å². The van der Waals surface area contributed by atoms with E-state index >= 15 is 0 Å². The number of thiol groups is 1. The van der Waals surface area contributed by atoms with Crippen molar-refractivity contribution in [3.63, 3.8) is 0 Å². The molecular formula is C14H22O3S. The smallest absolute Gasteiger partial charge is 0.126 e. The lowest BCUT2D eigenvalue weighted by molar-refractivity contribution is 0.252. The molecule has 1 rings (SSSR count). The fourth-order valence-corrected chi connectivity index (χ4v) is 2.00. The van der Waals surface area contributed by atoms with Crippen molar-refractivity contribution in [2.75, 3.05) is 26.6 Å². The summed E-state index contributed by atoms with van der Waals surface area (Å²) in [4.78, 5) is 0. The van der Waals surface area contributed by atoms with Gasteiger partial charge in [-0.05, 0) is 12.2 Å². The molecule has 0 radical (unpaired) electrons. The molecule has 102 valence electrons. The molecule has 1 aromatic rings. The highest BCUT2D eigenvalue weighted by molar-refractivity contribution is 7.80. The molecule has 0 saturated carbocycles. The number of hydrogen-bond acceptors (Lipinski definition) is 4. The quantitative estimate of drug-likeness (QED) is 0.733. The van der Waals surface area contributed by atoms with Crippen LogP contribution in [0.3, 0.4) is 0 Å². The van der Waals surface area contributed by atoms with E-state index in [2.05, 4.69) is 19.6 Å². The topological polar surface area (TPSA) is 27.7 Å². The van der Waals surface area contributed by atoms with E-state index in [9.17, 15) is 0 Å². The summed E-state index contributed by atoms with van der Waals surface area (Å²) < 4.78 is 16.2. The maximum absolute atomic E-state index is 5.79. The van der Waals surface area contributed by atoms with Gasteiger partial charge in [0.1, 0.15) is 17.2 Å². The fourth-order valence-electron chi connectivity index (χ4n) is 1.71. The highest BCUT2D eigenvalue weighted by Crippen LogP contribution is 2.27. The summed E-state index contributed by atoms with van der Waals surface area (Å²) >= 11 is 4.34. The fraction of sp³-hybridized carbons (Fsp3) is 0.571. The van der Waals surface area contributed by atoms with Gasteiger partial charge >= 0.3 is 0 Å². The zero-order valence-electron chi connectivity index (χ0n) is 11.3. The third-order valence-electron chi connectivity index (χ3n) is 2.77. The average Bonchev–Trinajstić information content (AvgIpc) is 2.42. The van der Waals surface area contributed by atoms with Gasteiger partial charge in [0.05, 0.1) is 20.8 Å². The van der Waals surface area contributed by atoms with Crippen LogP contribution in [0.4, 0.5) is 0 Å². The zero-order valence-corrected chi connectivity index (χ0v) is 12.2. The van der Waals surface area contributed by atoms with E-state index in [1.807, 2.05) is 18.2 Å². The highest BCUT2D eigenvalue weighted by Gasteiger charge is 2.08. The van der Waals surface area contributed by atoms with Crippen molar-refractivity contribution in [2.45, 2.75) is 19.8 Å². The van der Waals surface area contributed by atoms with E-state index < -0.39 is 0 Å². The molecular weight excluding hydrogens is 248 g/mol. The van der Waals surface area contributed by atoms with Crippen LogP contribution in [-0.2, 0) is 0 Å². The minimum Gasteiger partial charge on any atom is -0.496 e. The summed E-state index contributed by atoms with van der Waals surface area (Å²) in [7, 11) is 3.26. The molecule has 0 amide bonds. The third-order valence-corrected chi connectivity index (χ3v) is 3.28. The summed E-state index contributed by atoms with van der Waals surface area (Å²) in [5, 5.41) is 0. The van der Waals surface area contributed by atoms with Crippen molar-refractivity contribution < 1.29 is 14.2 Å². The predicted molar refractivity (Wildman–Crippen MR) is 77.3 cm³/mol. The Bertz CT molecular complexity index is 333. The maximum atomic E-state index is 5.79. The molecule has 0 aliphatic rings. The molecule has 1 unspecified atom stereocenters. The highest BCUT2D eigenvalue weighted by atomic mass is 32.1. The Labute approximate surface area is 115 Å². The van der Waals surface area contributed by atoms with Gasteiger partial charge in [0, 0.05) is 24.1 Å². The summed E-state index contributed by atoms with van der Waals surface area (Å²) in [6.07, 6.45) is 2.28. The second kappa shape index (κ2) is 8.14. The molecule has 0 bridgehead atoms. The van der Waals surface area contributed by atoms with Gasteiger partial charge in [0.25, 0.3) is 0 Å². The number of ether oxygens (including phenoxy) is 3. The van der Waals surface area contributed by atoms with E-state index in [1.165, 1.54) is 0 Å². The molecule has 4 heteroatoms. The molecule has 0 aromatic heterocycles. The van der Waals surface area contributed by atoms with E-state index in [0.717, 1.165) is 35.8 Å². The Balaban J connectivity index is 2.65. The SMILES string of the molecule is CCCC(CS)COc1cc(OC)cc(OC)c1. The van der Waals surface area contributed by atoms with Crippen molar-refractivity contribution in [1.82, 2.24) is 0 Å². The van der Waals surface area contributed by atoms with Crippen LogP contribution >= 0.6 is 12.6 Å². The van der Waals surface area contributed by atoms with Gasteiger partial charge in [-0.15, -0.1) is 0 Å². The Kier molecular flexibility index (Phi) is 6.80. The van der Waals surface area contributed by atoms with Crippen LogP contribution in [0.2, 0.25) is 0 Å². The molecule has 0 saturated heterocycles. The lowest BCUT2D eigenvalue weighted by Crippen LogP contribution is -2.13. The summed E-state index contributed by atoms with van der Waals surface area (Å²) in [5.41, 5.74) is 0. The monoisotopic (exact) mass is 270 g/mol. The maximum Gasteiger partial charge on any atom is 0.126 e. The molecule has 0 fully saturated rings. The van der Waals surface area contributed by atoms with E-state index in [0.29, 0.717) is 12.5 Å².